The molecule has 1 N–H and O–H groups in total. The maximum absolute atomic E-state index is 12.0. The number of halogens is 1. The van der Waals surface area contributed by atoms with Crippen molar-refractivity contribution in [2.45, 2.75) is 24.8 Å². The minimum atomic E-state index is -3.95. The molecule has 19 heavy (non-hydrogen) atoms. The van der Waals surface area contributed by atoms with Crippen LogP contribution < -0.4 is 4.72 Å². The van der Waals surface area contributed by atoms with Crippen molar-refractivity contribution < 1.29 is 13.3 Å². The summed E-state index contributed by atoms with van der Waals surface area (Å²) in [6.45, 7) is 2.91. The van der Waals surface area contributed by atoms with Crippen LogP contribution in [0.5, 0.6) is 0 Å². The summed E-state index contributed by atoms with van der Waals surface area (Å²) in [5.74, 6) is 2.20. The highest BCUT2D eigenvalue weighted by Crippen LogP contribution is 2.29. The highest BCUT2D eigenvalue weighted by molar-refractivity contribution is 7.89. The van der Waals surface area contributed by atoms with Gasteiger partial charge in [-0.15, -0.1) is 6.42 Å². The van der Waals surface area contributed by atoms with Crippen molar-refractivity contribution in [2.75, 3.05) is 0 Å². The van der Waals surface area contributed by atoms with E-state index in [1.165, 1.54) is 13.8 Å². The summed E-state index contributed by atoms with van der Waals surface area (Å²) in [7, 11) is -3.95. The van der Waals surface area contributed by atoms with Crippen LogP contribution in [0.1, 0.15) is 12.5 Å². The number of benzene rings is 1. The van der Waals surface area contributed by atoms with E-state index in [1.807, 2.05) is 0 Å². The first-order valence-corrected chi connectivity index (χ1v) is 6.98. The van der Waals surface area contributed by atoms with Crippen molar-refractivity contribution in [1.29, 1.82) is 0 Å². The number of rotatable bonds is 4. The van der Waals surface area contributed by atoms with Crippen molar-refractivity contribution in [3.05, 3.63) is 32.8 Å². The molecule has 1 atom stereocenters. The fourth-order valence-electron chi connectivity index (χ4n) is 1.32. The Morgan fingerprint density at radius 1 is 1.53 bits per heavy atom. The number of hydrogen-bond donors (Lipinski definition) is 1. The van der Waals surface area contributed by atoms with Gasteiger partial charge in [-0.05, 0) is 19.9 Å². The van der Waals surface area contributed by atoms with E-state index in [0.717, 1.165) is 12.1 Å². The molecule has 8 heteroatoms. The lowest BCUT2D eigenvalue weighted by atomic mass is 10.2. The molecule has 1 aromatic rings. The third-order valence-corrected chi connectivity index (χ3v) is 4.29. The Balaban J connectivity index is 3.37. The number of nitrogens with zero attached hydrogens (tertiary/aromatic N) is 1. The summed E-state index contributed by atoms with van der Waals surface area (Å²) in [6.07, 6.45) is 5.08. The van der Waals surface area contributed by atoms with E-state index in [2.05, 4.69) is 10.6 Å². The first kappa shape index (κ1) is 15.4. The van der Waals surface area contributed by atoms with Crippen LogP contribution >= 0.6 is 11.6 Å². The molecule has 0 heterocycles. The van der Waals surface area contributed by atoms with E-state index in [1.54, 1.807) is 0 Å². The van der Waals surface area contributed by atoms with Gasteiger partial charge in [-0.3, -0.25) is 10.1 Å². The molecular formula is C11H11ClN2O4S. The fraction of sp³-hybridized carbons (Fsp3) is 0.273. The first-order chi connectivity index (χ1) is 8.69. The minimum absolute atomic E-state index is 0.00272. The Morgan fingerprint density at radius 3 is 2.58 bits per heavy atom. The average molecular weight is 303 g/mol. The SMILES string of the molecule is C#CC(C)NS(=O)(=O)c1cc(Cl)c(C)c([N+](=O)[O-])c1. The van der Waals surface area contributed by atoms with Crippen molar-refractivity contribution in [3.63, 3.8) is 0 Å². The highest BCUT2D eigenvalue weighted by atomic mass is 35.5. The lowest BCUT2D eigenvalue weighted by Crippen LogP contribution is -2.31. The normalized spacial score (nSPS) is 12.7. The van der Waals surface area contributed by atoms with Crippen LogP contribution in [0.3, 0.4) is 0 Å². The minimum Gasteiger partial charge on any atom is -0.258 e. The largest absolute Gasteiger partial charge is 0.275 e. The third kappa shape index (κ3) is 3.44. The van der Waals surface area contributed by atoms with Gasteiger partial charge in [0.05, 0.1) is 20.9 Å². The van der Waals surface area contributed by atoms with E-state index in [9.17, 15) is 18.5 Å². The molecule has 0 aliphatic rings. The number of nitro groups is 1. The summed E-state index contributed by atoms with van der Waals surface area (Å²) < 4.78 is 26.1. The number of hydrogen-bond acceptors (Lipinski definition) is 4. The van der Waals surface area contributed by atoms with Crippen LogP contribution in [0.25, 0.3) is 0 Å². The van der Waals surface area contributed by atoms with Gasteiger partial charge < -0.3 is 0 Å². The molecule has 102 valence electrons. The molecule has 0 amide bonds. The van der Waals surface area contributed by atoms with Gasteiger partial charge in [-0.2, -0.15) is 4.72 Å². The number of nitrogens with one attached hydrogen (secondary N) is 1. The molecule has 1 rings (SSSR count). The Labute approximate surface area is 116 Å². The monoisotopic (exact) mass is 302 g/mol. The van der Waals surface area contributed by atoms with Crippen LogP contribution in [-0.2, 0) is 10.0 Å². The molecule has 1 unspecified atom stereocenters. The summed E-state index contributed by atoms with van der Waals surface area (Å²) in [5, 5.41) is 10.8. The molecule has 6 nitrogen and oxygen atoms in total. The summed E-state index contributed by atoms with van der Waals surface area (Å²) in [6, 6.07) is 1.37. The van der Waals surface area contributed by atoms with Crippen LogP contribution in [0, 0.1) is 29.4 Å². The number of sulfonamides is 1. The van der Waals surface area contributed by atoms with Gasteiger partial charge in [0.25, 0.3) is 5.69 Å². The van der Waals surface area contributed by atoms with E-state index >= 15 is 0 Å². The van der Waals surface area contributed by atoms with E-state index in [-0.39, 0.29) is 21.2 Å². The molecule has 0 aliphatic carbocycles. The van der Waals surface area contributed by atoms with Gasteiger partial charge >= 0.3 is 0 Å². The van der Waals surface area contributed by atoms with E-state index in [4.69, 9.17) is 18.0 Å². The second kappa shape index (κ2) is 5.57. The Morgan fingerprint density at radius 2 is 2.11 bits per heavy atom. The maximum Gasteiger partial charge on any atom is 0.275 e. The van der Waals surface area contributed by atoms with Gasteiger partial charge in [-0.25, -0.2) is 8.42 Å². The summed E-state index contributed by atoms with van der Waals surface area (Å²) in [5.41, 5.74) is -0.156. The van der Waals surface area contributed by atoms with Gasteiger partial charge in [0.2, 0.25) is 10.0 Å². The zero-order chi connectivity index (χ0) is 14.8. The predicted octanol–water partition coefficient (Wildman–Crippen LogP) is 1.86. The van der Waals surface area contributed by atoms with Crippen molar-refractivity contribution >= 4 is 27.3 Å². The molecule has 1 aromatic carbocycles. The standard InChI is InChI=1S/C11H11ClN2O4S/c1-4-7(2)13-19(17,18)9-5-10(12)8(3)11(6-9)14(15)16/h1,5-7,13H,2-3H3. The Kier molecular flexibility index (Phi) is 4.52. The first-order valence-electron chi connectivity index (χ1n) is 5.12. The van der Waals surface area contributed by atoms with Gasteiger partial charge in [0.15, 0.2) is 0 Å². The zero-order valence-corrected chi connectivity index (χ0v) is 11.7. The summed E-state index contributed by atoms with van der Waals surface area (Å²) in [4.78, 5) is 9.85. The number of nitro benzene ring substituents is 1. The van der Waals surface area contributed by atoms with Crippen LogP contribution in [0.4, 0.5) is 5.69 Å². The number of terminal acetylenes is 1. The second-order valence-electron chi connectivity index (χ2n) is 3.82. The molecule has 0 saturated carbocycles. The molecule has 0 aliphatic heterocycles. The zero-order valence-electron chi connectivity index (χ0n) is 10.2. The molecular weight excluding hydrogens is 292 g/mol. The third-order valence-electron chi connectivity index (χ3n) is 2.38. The lowest BCUT2D eigenvalue weighted by Gasteiger charge is -2.10. The Bertz CT molecular complexity index is 664. The molecule has 0 fully saturated rings. The quantitative estimate of drug-likeness (QED) is 0.522. The maximum atomic E-state index is 12.0. The second-order valence-corrected chi connectivity index (χ2v) is 5.94. The van der Waals surface area contributed by atoms with Crippen molar-refractivity contribution in [3.8, 4) is 12.3 Å². The average Bonchev–Trinajstić information content (AvgIpc) is 2.31. The molecule has 0 spiro atoms. The van der Waals surface area contributed by atoms with Crippen molar-refractivity contribution in [1.82, 2.24) is 4.72 Å². The predicted molar refractivity (Wildman–Crippen MR) is 71.5 cm³/mol. The van der Waals surface area contributed by atoms with Gasteiger partial charge in [0.1, 0.15) is 0 Å². The van der Waals surface area contributed by atoms with Gasteiger partial charge in [0, 0.05) is 11.6 Å². The molecule has 0 bridgehead atoms. The molecule has 0 radical (unpaired) electrons. The van der Waals surface area contributed by atoms with Crippen molar-refractivity contribution in [2.24, 2.45) is 0 Å². The Hall–Kier alpha value is -1.62. The van der Waals surface area contributed by atoms with E-state index < -0.39 is 21.0 Å². The summed E-state index contributed by atoms with van der Waals surface area (Å²) >= 11 is 5.80. The van der Waals surface area contributed by atoms with Crippen LogP contribution in [0.2, 0.25) is 5.02 Å². The van der Waals surface area contributed by atoms with Crippen LogP contribution in [-0.4, -0.2) is 19.4 Å². The molecule has 0 aromatic heterocycles. The molecule has 0 saturated heterocycles. The topological polar surface area (TPSA) is 89.3 Å². The fourth-order valence-corrected chi connectivity index (χ4v) is 2.81. The lowest BCUT2D eigenvalue weighted by molar-refractivity contribution is -0.385. The van der Waals surface area contributed by atoms with Crippen LogP contribution in [0.15, 0.2) is 17.0 Å². The van der Waals surface area contributed by atoms with E-state index in [0.29, 0.717) is 0 Å². The highest BCUT2D eigenvalue weighted by Gasteiger charge is 2.23. The van der Waals surface area contributed by atoms with Gasteiger partial charge in [-0.1, -0.05) is 17.5 Å². The smallest absolute Gasteiger partial charge is 0.258 e.